The van der Waals surface area contributed by atoms with Crippen LogP contribution in [0.1, 0.15) is 18.4 Å². The highest BCUT2D eigenvalue weighted by atomic mass is 16.5. The molecule has 2 rings (SSSR count). The first kappa shape index (κ1) is 10.0. The SMILES string of the molecule is COC1CC(Oc2ccc(C#N)cc2)C1. The van der Waals surface area contributed by atoms with Crippen molar-refractivity contribution in [2.24, 2.45) is 0 Å². The number of hydrogen-bond donors (Lipinski definition) is 0. The van der Waals surface area contributed by atoms with Crippen LogP contribution in [0.3, 0.4) is 0 Å². The summed E-state index contributed by atoms with van der Waals surface area (Å²) in [6, 6.07) is 9.27. The van der Waals surface area contributed by atoms with E-state index in [1.54, 1.807) is 19.2 Å². The highest BCUT2D eigenvalue weighted by molar-refractivity contribution is 5.34. The molecule has 0 amide bonds. The van der Waals surface area contributed by atoms with Crippen molar-refractivity contribution < 1.29 is 9.47 Å². The zero-order valence-electron chi connectivity index (χ0n) is 8.64. The largest absolute Gasteiger partial charge is 0.490 e. The van der Waals surface area contributed by atoms with E-state index in [0.717, 1.165) is 18.6 Å². The first-order valence-electron chi connectivity index (χ1n) is 5.01. The third kappa shape index (κ3) is 2.28. The number of hydrogen-bond acceptors (Lipinski definition) is 3. The molecule has 0 aromatic heterocycles. The van der Waals surface area contributed by atoms with E-state index in [0.29, 0.717) is 11.7 Å². The number of nitriles is 1. The van der Waals surface area contributed by atoms with Gasteiger partial charge in [0.15, 0.2) is 0 Å². The van der Waals surface area contributed by atoms with Gasteiger partial charge in [-0.1, -0.05) is 0 Å². The van der Waals surface area contributed by atoms with E-state index in [9.17, 15) is 0 Å². The zero-order valence-corrected chi connectivity index (χ0v) is 8.64. The Labute approximate surface area is 89.2 Å². The number of rotatable bonds is 3. The van der Waals surface area contributed by atoms with Crippen molar-refractivity contribution in [3.63, 3.8) is 0 Å². The first-order valence-corrected chi connectivity index (χ1v) is 5.01. The van der Waals surface area contributed by atoms with Gasteiger partial charge in [0.2, 0.25) is 0 Å². The van der Waals surface area contributed by atoms with Gasteiger partial charge in [-0.25, -0.2) is 0 Å². The van der Waals surface area contributed by atoms with E-state index >= 15 is 0 Å². The highest BCUT2D eigenvalue weighted by Crippen LogP contribution is 2.27. The van der Waals surface area contributed by atoms with Gasteiger partial charge in [0.05, 0.1) is 17.7 Å². The van der Waals surface area contributed by atoms with E-state index < -0.39 is 0 Å². The van der Waals surface area contributed by atoms with Gasteiger partial charge in [-0.2, -0.15) is 5.26 Å². The topological polar surface area (TPSA) is 42.2 Å². The van der Waals surface area contributed by atoms with Crippen molar-refractivity contribution in [1.82, 2.24) is 0 Å². The summed E-state index contributed by atoms with van der Waals surface area (Å²) >= 11 is 0. The molecule has 3 heteroatoms. The standard InChI is InChI=1S/C12H13NO2/c1-14-11-6-12(7-11)15-10-4-2-9(8-13)3-5-10/h2-5,11-12H,6-7H2,1H3. The molecule has 1 aromatic rings. The van der Waals surface area contributed by atoms with E-state index in [1.165, 1.54) is 0 Å². The molecule has 0 heterocycles. The Morgan fingerprint density at radius 2 is 1.87 bits per heavy atom. The Bertz CT molecular complexity index is 360. The Hall–Kier alpha value is -1.53. The van der Waals surface area contributed by atoms with Crippen LogP contribution in [0.4, 0.5) is 0 Å². The van der Waals surface area contributed by atoms with Crippen molar-refractivity contribution in [3.05, 3.63) is 29.8 Å². The van der Waals surface area contributed by atoms with E-state index in [4.69, 9.17) is 14.7 Å². The number of ether oxygens (including phenoxy) is 2. The minimum atomic E-state index is 0.267. The van der Waals surface area contributed by atoms with E-state index in [-0.39, 0.29) is 6.10 Å². The zero-order chi connectivity index (χ0) is 10.7. The molecule has 0 spiro atoms. The van der Waals surface area contributed by atoms with E-state index in [1.807, 2.05) is 12.1 Å². The summed E-state index contributed by atoms with van der Waals surface area (Å²) in [4.78, 5) is 0. The molecule has 15 heavy (non-hydrogen) atoms. The molecular formula is C12H13NO2. The predicted octanol–water partition coefficient (Wildman–Crippen LogP) is 2.11. The lowest BCUT2D eigenvalue weighted by atomic mass is 9.92. The lowest BCUT2D eigenvalue weighted by molar-refractivity contribution is -0.0381. The first-order chi connectivity index (χ1) is 7.31. The van der Waals surface area contributed by atoms with Gasteiger partial charge in [0.25, 0.3) is 0 Å². The minimum absolute atomic E-state index is 0.267. The summed E-state index contributed by atoms with van der Waals surface area (Å²) in [6.45, 7) is 0. The lowest BCUT2D eigenvalue weighted by Crippen LogP contribution is -2.38. The molecule has 0 saturated heterocycles. The van der Waals surface area contributed by atoms with Crippen molar-refractivity contribution in [2.45, 2.75) is 25.0 Å². The fourth-order valence-corrected chi connectivity index (χ4v) is 1.61. The minimum Gasteiger partial charge on any atom is -0.490 e. The van der Waals surface area contributed by atoms with Crippen LogP contribution in [-0.2, 0) is 4.74 Å². The van der Waals surface area contributed by atoms with E-state index in [2.05, 4.69) is 6.07 Å². The highest BCUT2D eigenvalue weighted by Gasteiger charge is 2.30. The average Bonchev–Trinajstić information content (AvgIpc) is 2.23. The van der Waals surface area contributed by atoms with Crippen molar-refractivity contribution in [1.29, 1.82) is 5.26 Å². The predicted molar refractivity (Wildman–Crippen MR) is 55.6 cm³/mol. The fourth-order valence-electron chi connectivity index (χ4n) is 1.61. The molecule has 0 atom stereocenters. The summed E-state index contributed by atoms with van der Waals surface area (Å²) in [5.74, 6) is 0.827. The Balaban J connectivity index is 1.87. The maximum Gasteiger partial charge on any atom is 0.119 e. The van der Waals surface area contributed by atoms with Gasteiger partial charge in [0, 0.05) is 20.0 Å². The normalized spacial score (nSPS) is 24.0. The van der Waals surface area contributed by atoms with Gasteiger partial charge in [-0.15, -0.1) is 0 Å². The van der Waals surface area contributed by atoms with Gasteiger partial charge < -0.3 is 9.47 Å². The number of benzene rings is 1. The third-order valence-corrected chi connectivity index (χ3v) is 2.67. The summed E-state index contributed by atoms with van der Waals surface area (Å²) in [5, 5.41) is 8.63. The smallest absolute Gasteiger partial charge is 0.119 e. The van der Waals surface area contributed by atoms with Crippen LogP contribution in [0, 0.1) is 11.3 Å². The lowest BCUT2D eigenvalue weighted by Gasteiger charge is -2.34. The monoisotopic (exact) mass is 203 g/mol. The number of methoxy groups -OCH3 is 1. The van der Waals surface area contributed by atoms with Crippen molar-refractivity contribution in [3.8, 4) is 11.8 Å². The summed E-state index contributed by atoms with van der Waals surface area (Å²) < 4.78 is 10.9. The van der Waals surface area contributed by atoms with Crippen LogP contribution in [0.2, 0.25) is 0 Å². The Morgan fingerprint density at radius 1 is 1.20 bits per heavy atom. The molecule has 1 fully saturated rings. The van der Waals surface area contributed by atoms with Crippen LogP contribution < -0.4 is 4.74 Å². The molecule has 0 aliphatic heterocycles. The second-order valence-electron chi connectivity index (χ2n) is 3.71. The maximum absolute atomic E-state index is 8.63. The molecule has 0 radical (unpaired) electrons. The second kappa shape index (κ2) is 4.33. The molecule has 1 aromatic carbocycles. The van der Waals surface area contributed by atoms with Crippen LogP contribution in [0.15, 0.2) is 24.3 Å². The molecule has 0 N–H and O–H groups in total. The summed E-state index contributed by atoms with van der Waals surface area (Å²) in [7, 11) is 1.72. The Morgan fingerprint density at radius 3 is 2.40 bits per heavy atom. The van der Waals surface area contributed by atoms with Gasteiger partial charge in [-0.3, -0.25) is 0 Å². The number of nitrogens with zero attached hydrogens (tertiary/aromatic N) is 1. The molecular weight excluding hydrogens is 190 g/mol. The van der Waals surface area contributed by atoms with Gasteiger partial charge in [-0.05, 0) is 24.3 Å². The maximum atomic E-state index is 8.63. The van der Waals surface area contributed by atoms with Crippen molar-refractivity contribution >= 4 is 0 Å². The Kier molecular flexibility index (Phi) is 2.89. The van der Waals surface area contributed by atoms with Crippen LogP contribution in [-0.4, -0.2) is 19.3 Å². The molecule has 1 saturated carbocycles. The summed E-state index contributed by atoms with van der Waals surface area (Å²) in [6.07, 6.45) is 2.53. The third-order valence-electron chi connectivity index (χ3n) is 2.67. The molecule has 1 aliphatic rings. The van der Waals surface area contributed by atoms with Crippen molar-refractivity contribution in [2.75, 3.05) is 7.11 Å². The van der Waals surface area contributed by atoms with Crippen LogP contribution in [0.5, 0.6) is 5.75 Å². The van der Waals surface area contributed by atoms with Gasteiger partial charge in [0.1, 0.15) is 11.9 Å². The van der Waals surface area contributed by atoms with Crippen LogP contribution >= 0.6 is 0 Å². The molecule has 3 nitrogen and oxygen atoms in total. The molecule has 78 valence electrons. The van der Waals surface area contributed by atoms with Crippen LogP contribution in [0.25, 0.3) is 0 Å². The quantitative estimate of drug-likeness (QED) is 0.755. The summed E-state index contributed by atoms with van der Waals surface area (Å²) in [5.41, 5.74) is 0.658. The molecule has 1 aliphatic carbocycles. The fraction of sp³-hybridized carbons (Fsp3) is 0.417. The second-order valence-corrected chi connectivity index (χ2v) is 3.71. The molecule has 0 bridgehead atoms. The van der Waals surface area contributed by atoms with Gasteiger partial charge >= 0.3 is 0 Å². The average molecular weight is 203 g/mol. The molecule has 0 unspecified atom stereocenters.